The van der Waals surface area contributed by atoms with E-state index in [1.54, 1.807) is 0 Å². The van der Waals surface area contributed by atoms with Crippen LogP contribution < -0.4 is 16.2 Å². The maximum absolute atomic E-state index is 11.9. The van der Waals surface area contributed by atoms with Gasteiger partial charge in [-0.25, -0.2) is 4.98 Å². The van der Waals surface area contributed by atoms with Crippen molar-refractivity contribution in [2.45, 2.75) is 6.36 Å². The number of rotatable bonds is 1. The molecule has 0 unspecified atom stereocenters. The Labute approximate surface area is 85.2 Å². The Morgan fingerprint density at radius 3 is 2.43 bits per heavy atom. The molecule has 0 amide bonds. The highest BCUT2D eigenvalue weighted by atomic mass is 79.9. The second-order valence-corrected chi connectivity index (χ2v) is 3.14. The highest BCUT2D eigenvalue weighted by molar-refractivity contribution is 9.10. The Morgan fingerprint density at radius 2 is 1.93 bits per heavy atom. The normalized spacial score (nSPS) is 11.4. The maximum Gasteiger partial charge on any atom is 0.573 e. The lowest BCUT2D eigenvalue weighted by atomic mass is 10.3. The molecule has 0 aliphatic rings. The number of hydrogen-bond donors (Lipinski definition) is 2. The Morgan fingerprint density at radius 1 is 1.36 bits per heavy atom. The van der Waals surface area contributed by atoms with Gasteiger partial charge >= 0.3 is 6.36 Å². The van der Waals surface area contributed by atoms with Gasteiger partial charge in [-0.3, -0.25) is 0 Å². The molecule has 0 spiro atoms. The number of pyridine rings is 1. The first-order valence-electron chi connectivity index (χ1n) is 3.26. The molecule has 1 aromatic heterocycles. The van der Waals surface area contributed by atoms with Gasteiger partial charge in [0.2, 0.25) is 0 Å². The molecule has 4 nitrogen and oxygen atoms in total. The van der Waals surface area contributed by atoms with Crippen molar-refractivity contribution >= 4 is 27.4 Å². The van der Waals surface area contributed by atoms with Crippen molar-refractivity contribution in [3.63, 3.8) is 0 Å². The molecule has 0 aliphatic carbocycles. The summed E-state index contributed by atoms with van der Waals surface area (Å²) in [6.07, 6.45) is -3.74. The molecule has 14 heavy (non-hydrogen) atoms. The van der Waals surface area contributed by atoms with Gasteiger partial charge in [0.15, 0.2) is 11.6 Å². The third kappa shape index (κ3) is 2.41. The quantitative estimate of drug-likeness (QED) is 0.818. The number of halogens is 4. The van der Waals surface area contributed by atoms with Crippen LogP contribution in [0.3, 0.4) is 0 Å². The second-order valence-electron chi connectivity index (χ2n) is 2.28. The molecule has 0 fully saturated rings. The highest BCUT2D eigenvalue weighted by Gasteiger charge is 2.33. The Kier molecular flexibility index (Phi) is 2.74. The first kappa shape index (κ1) is 10.9. The van der Waals surface area contributed by atoms with Crippen LogP contribution in [0.1, 0.15) is 0 Å². The highest BCUT2D eigenvalue weighted by Crippen LogP contribution is 2.37. The molecule has 1 heterocycles. The predicted octanol–water partition coefficient (Wildman–Crippen LogP) is 1.91. The van der Waals surface area contributed by atoms with E-state index in [0.29, 0.717) is 0 Å². The van der Waals surface area contributed by atoms with Crippen LogP contribution in [0.4, 0.5) is 24.7 Å². The van der Waals surface area contributed by atoms with Crippen LogP contribution in [0.5, 0.6) is 5.75 Å². The molecular weight excluding hydrogens is 267 g/mol. The van der Waals surface area contributed by atoms with Gasteiger partial charge in [-0.05, 0) is 15.9 Å². The van der Waals surface area contributed by atoms with E-state index in [2.05, 4.69) is 25.7 Å². The molecule has 78 valence electrons. The molecule has 0 saturated carbocycles. The van der Waals surface area contributed by atoms with Gasteiger partial charge < -0.3 is 16.2 Å². The van der Waals surface area contributed by atoms with Crippen molar-refractivity contribution < 1.29 is 17.9 Å². The minimum absolute atomic E-state index is 0.0125. The molecule has 0 radical (unpaired) electrons. The zero-order valence-electron chi connectivity index (χ0n) is 6.60. The Hall–Kier alpha value is -1.18. The molecular formula is C6H5BrF3N3O. The number of aromatic nitrogens is 1. The van der Waals surface area contributed by atoms with E-state index >= 15 is 0 Å². The van der Waals surface area contributed by atoms with Crippen molar-refractivity contribution in [1.29, 1.82) is 0 Å². The van der Waals surface area contributed by atoms with Crippen LogP contribution in [0.25, 0.3) is 0 Å². The van der Waals surface area contributed by atoms with Gasteiger partial charge in [-0.15, -0.1) is 13.2 Å². The first-order valence-corrected chi connectivity index (χ1v) is 4.06. The molecule has 0 aromatic carbocycles. The van der Waals surface area contributed by atoms with Crippen LogP contribution in [0, 0.1) is 0 Å². The number of alkyl halides is 3. The van der Waals surface area contributed by atoms with Crippen LogP contribution in [0.15, 0.2) is 10.7 Å². The smallest absolute Gasteiger partial charge is 0.402 e. The Balaban J connectivity index is 3.13. The second kappa shape index (κ2) is 3.52. The average molecular weight is 272 g/mol. The number of nitrogens with two attached hydrogens (primary N) is 2. The third-order valence-electron chi connectivity index (χ3n) is 1.27. The standard InChI is InChI=1S/C6H5BrF3N3O/c7-2-1-13-5(12)3(11)4(2)14-6(8,9)10/h1H,11H2,(H2,12,13). The van der Waals surface area contributed by atoms with Crippen molar-refractivity contribution in [2.24, 2.45) is 0 Å². The van der Waals surface area contributed by atoms with Crippen molar-refractivity contribution in [3.05, 3.63) is 10.7 Å². The first-order chi connectivity index (χ1) is 6.31. The summed E-state index contributed by atoms with van der Waals surface area (Å²) in [7, 11) is 0. The monoisotopic (exact) mass is 271 g/mol. The molecule has 0 saturated heterocycles. The van der Waals surface area contributed by atoms with Crippen LogP contribution in [0.2, 0.25) is 0 Å². The van der Waals surface area contributed by atoms with Gasteiger partial charge in [0.1, 0.15) is 5.69 Å². The minimum Gasteiger partial charge on any atom is -0.402 e. The molecule has 1 aromatic rings. The fourth-order valence-electron chi connectivity index (χ4n) is 0.719. The van der Waals surface area contributed by atoms with Crippen LogP contribution >= 0.6 is 15.9 Å². The average Bonchev–Trinajstić information content (AvgIpc) is 2.04. The van der Waals surface area contributed by atoms with Crippen LogP contribution in [-0.4, -0.2) is 11.3 Å². The number of anilines is 2. The minimum atomic E-state index is -4.82. The molecule has 8 heteroatoms. The summed E-state index contributed by atoms with van der Waals surface area (Å²) in [5.74, 6) is -0.794. The fourth-order valence-corrected chi connectivity index (χ4v) is 1.12. The van der Waals surface area contributed by atoms with E-state index in [4.69, 9.17) is 11.5 Å². The van der Waals surface area contributed by atoms with E-state index in [1.165, 1.54) is 0 Å². The third-order valence-corrected chi connectivity index (χ3v) is 1.84. The van der Waals surface area contributed by atoms with Gasteiger partial charge in [-0.2, -0.15) is 0 Å². The van der Waals surface area contributed by atoms with Gasteiger partial charge in [0, 0.05) is 6.20 Å². The number of ether oxygens (including phenoxy) is 1. The summed E-state index contributed by atoms with van der Waals surface area (Å²) in [6, 6.07) is 0. The predicted molar refractivity (Wildman–Crippen MR) is 47.4 cm³/mol. The zero-order valence-corrected chi connectivity index (χ0v) is 8.19. The van der Waals surface area contributed by atoms with Crippen molar-refractivity contribution in [2.75, 3.05) is 11.5 Å². The van der Waals surface area contributed by atoms with E-state index < -0.39 is 12.1 Å². The largest absolute Gasteiger partial charge is 0.573 e. The van der Waals surface area contributed by atoms with E-state index in [0.717, 1.165) is 6.20 Å². The lowest BCUT2D eigenvalue weighted by molar-refractivity contribution is -0.274. The Bertz CT molecular complexity index is 355. The van der Waals surface area contributed by atoms with Crippen molar-refractivity contribution in [1.82, 2.24) is 4.98 Å². The molecule has 0 atom stereocenters. The lowest BCUT2D eigenvalue weighted by Crippen LogP contribution is -2.19. The van der Waals surface area contributed by atoms with E-state index in [1.807, 2.05) is 0 Å². The van der Waals surface area contributed by atoms with E-state index in [9.17, 15) is 13.2 Å². The van der Waals surface area contributed by atoms with Crippen LogP contribution in [-0.2, 0) is 0 Å². The number of hydrogen-bond acceptors (Lipinski definition) is 4. The number of nitrogen functional groups attached to an aromatic ring is 2. The topological polar surface area (TPSA) is 74.2 Å². The van der Waals surface area contributed by atoms with Gasteiger partial charge in [0.05, 0.1) is 4.47 Å². The SMILES string of the molecule is Nc1ncc(Br)c(OC(F)(F)F)c1N. The summed E-state index contributed by atoms with van der Waals surface area (Å²) in [5, 5.41) is 0. The fraction of sp³-hybridized carbons (Fsp3) is 0.167. The summed E-state index contributed by atoms with van der Waals surface area (Å²) < 4.78 is 39.3. The molecule has 1 rings (SSSR count). The summed E-state index contributed by atoms with van der Waals surface area (Å²) in [4.78, 5) is 3.53. The van der Waals surface area contributed by atoms with Gasteiger partial charge in [0.25, 0.3) is 0 Å². The zero-order chi connectivity index (χ0) is 10.9. The summed E-state index contributed by atoms with van der Waals surface area (Å²) >= 11 is 2.81. The van der Waals surface area contributed by atoms with Crippen molar-refractivity contribution in [3.8, 4) is 5.75 Å². The maximum atomic E-state index is 11.9. The molecule has 4 N–H and O–H groups in total. The molecule has 0 bridgehead atoms. The summed E-state index contributed by atoms with van der Waals surface area (Å²) in [6.45, 7) is 0. The lowest BCUT2D eigenvalue weighted by Gasteiger charge is -2.13. The van der Waals surface area contributed by atoms with E-state index in [-0.39, 0.29) is 16.0 Å². The van der Waals surface area contributed by atoms with Gasteiger partial charge in [-0.1, -0.05) is 0 Å². The molecule has 0 aliphatic heterocycles. The summed E-state index contributed by atoms with van der Waals surface area (Å²) in [5.41, 5.74) is 10.1. The number of nitrogens with zero attached hydrogens (tertiary/aromatic N) is 1.